The first-order valence-corrected chi connectivity index (χ1v) is 7.22. The van der Waals surface area contributed by atoms with Gasteiger partial charge in [-0.15, -0.1) is 5.92 Å². The maximum Gasteiger partial charge on any atom is 0.0643 e. The van der Waals surface area contributed by atoms with Crippen molar-refractivity contribution in [3.05, 3.63) is 31.7 Å². The van der Waals surface area contributed by atoms with Gasteiger partial charge in [0.15, 0.2) is 0 Å². The summed E-state index contributed by atoms with van der Waals surface area (Å²) in [5.41, 5.74) is 0.772. The van der Waals surface area contributed by atoms with Gasteiger partial charge in [-0.2, -0.15) is 0 Å². The topological polar surface area (TPSA) is 0 Å². The summed E-state index contributed by atoms with van der Waals surface area (Å²) in [7, 11) is 0. The number of halogens is 4. The average Bonchev–Trinajstić information content (AvgIpc) is 2.33. The lowest BCUT2D eigenvalue weighted by Gasteiger charge is -2.20. The van der Waals surface area contributed by atoms with Crippen LogP contribution in [0, 0.1) is 17.8 Å². The lowest BCUT2D eigenvalue weighted by molar-refractivity contribution is 0.610. The standard InChI is InChI=1S/C14H14Cl4/c1-4-5-6-8(2)9(3)12-13(17)10(15)7-11(16)14(12)18/h7-9H,4H2,1-3H3. The second kappa shape index (κ2) is 6.92. The van der Waals surface area contributed by atoms with Gasteiger partial charge in [0.2, 0.25) is 0 Å². The number of benzene rings is 1. The van der Waals surface area contributed by atoms with Crippen LogP contribution in [0.4, 0.5) is 0 Å². The summed E-state index contributed by atoms with van der Waals surface area (Å²) >= 11 is 24.5. The first-order valence-electron chi connectivity index (χ1n) is 5.71. The third-order valence-corrected chi connectivity index (χ3v) is 4.46. The smallest absolute Gasteiger partial charge is 0.0643 e. The van der Waals surface area contributed by atoms with E-state index < -0.39 is 0 Å². The maximum absolute atomic E-state index is 6.22. The van der Waals surface area contributed by atoms with E-state index in [1.165, 1.54) is 0 Å². The maximum atomic E-state index is 6.22. The number of hydrogen-bond donors (Lipinski definition) is 0. The van der Waals surface area contributed by atoms with E-state index in [2.05, 4.69) is 11.8 Å². The Morgan fingerprint density at radius 3 is 2.00 bits per heavy atom. The fraction of sp³-hybridized carbons (Fsp3) is 0.429. The molecular weight excluding hydrogens is 310 g/mol. The van der Waals surface area contributed by atoms with Gasteiger partial charge in [-0.3, -0.25) is 0 Å². The molecular formula is C14H14Cl4. The molecule has 1 aromatic carbocycles. The molecule has 2 atom stereocenters. The molecule has 0 aliphatic carbocycles. The van der Waals surface area contributed by atoms with Crippen molar-refractivity contribution in [1.29, 1.82) is 0 Å². The fourth-order valence-electron chi connectivity index (χ4n) is 1.63. The van der Waals surface area contributed by atoms with E-state index in [1.807, 2.05) is 20.8 Å². The number of hydrogen-bond acceptors (Lipinski definition) is 0. The second-order valence-electron chi connectivity index (χ2n) is 4.13. The summed E-state index contributed by atoms with van der Waals surface area (Å²) in [5.74, 6) is 6.44. The molecule has 0 aromatic heterocycles. The van der Waals surface area contributed by atoms with Crippen molar-refractivity contribution in [3.63, 3.8) is 0 Å². The van der Waals surface area contributed by atoms with Crippen LogP contribution in [0.1, 0.15) is 38.7 Å². The molecule has 0 radical (unpaired) electrons. The van der Waals surface area contributed by atoms with Crippen LogP contribution in [-0.2, 0) is 0 Å². The first-order chi connectivity index (χ1) is 8.40. The highest BCUT2D eigenvalue weighted by molar-refractivity contribution is 6.48. The van der Waals surface area contributed by atoms with Gasteiger partial charge in [-0.05, 0) is 17.5 Å². The predicted molar refractivity (Wildman–Crippen MR) is 82.1 cm³/mol. The van der Waals surface area contributed by atoms with Crippen LogP contribution in [0.15, 0.2) is 6.07 Å². The van der Waals surface area contributed by atoms with Gasteiger partial charge in [0.25, 0.3) is 0 Å². The SMILES string of the molecule is CCC#CC(C)C(C)c1c(Cl)c(Cl)cc(Cl)c1Cl. The van der Waals surface area contributed by atoms with Gasteiger partial charge in [0.1, 0.15) is 0 Å². The van der Waals surface area contributed by atoms with Crippen molar-refractivity contribution in [1.82, 2.24) is 0 Å². The molecule has 0 amide bonds. The molecule has 0 heterocycles. The fourth-order valence-corrected chi connectivity index (χ4v) is 2.80. The Labute approximate surface area is 129 Å². The molecule has 0 saturated carbocycles. The van der Waals surface area contributed by atoms with E-state index >= 15 is 0 Å². The van der Waals surface area contributed by atoms with E-state index in [0.29, 0.717) is 20.1 Å². The summed E-state index contributed by atoms with van der Waals surface area (Å²) in [6.45, 7) is 6.07. The summed E-state index contributed by atoms with van der Waals surface area (Å²) in [4.78, 5) is 0. The molecule has 1 aromatic rings. The van der Waals surface area contributed by atoms with E-state index in [-0.39, 0.29) is 11.8 Å². The van der Waals surface area contributed by atoms with Crippen molar-refractivity contribution >= 4 is 46.4 Å². The Kier molecular flexibility index (Phi) is 6.15. The molecule has 0 bridgehead atoms. The molecule has 18 heavy (non-hydrogen) atoms. The van der Waals surface area contributed by atoms with Crippen LogP contribution < -0.4 is 0 Å². The summed E-state index contributed by atoms with van der Waals surface area (Å²) in [5, 5.41) is 1.76. The Bertz CT molecular complexity index is 470. The number of rotatable bonds is 2. The highest BCUT2D eigenvalue weighted by Crippen LogP contribution is 2.42. The minimum absolute atomic E-state index is 0.0697. The van der Waals surface area contributed by atoms with E-state index in [0.717, 1.165) is 12.0 Å². The molecule has 4 heteroatoms. The quantitative estimate of drug-likeness (QED) is 0.433. The van der Waals surface area contributed by atoms with Gasteiger partial charge < -0.3 is 0 Å². The van der Waals surface area contributed by atoms with Crippen LogP contribution in [-0.4, -0.2) is 0 Å². The predicted octanol–water partition coefficient (Wildman–Crippen LogP) is 6.45. The molecule has 0 N–H and O–H groups in total. The highest BCUT2D eigenvalue weighted by atomic mass is 35.5. The van der Waals surface area contributed by atoms with Crippen molar-refractivity contribution in [2.75, 3.05) is 0 Å². The van der Waals surface area contributed by atoms with Gasteiger partial charge in [-0.1, -0.05) is 73.1 Å². The Morgan fingerprint density at radius 2 is 1.56 bits per heavy atom. The molecule has 0 fully saturated rings. The largest absolute Gasteiger partial charge is 0.103 e. The van der Waals surface area contributed by atoms with E-state index in [4.69, 9.17) is 46.4 Å². The monoisotopic (exact) mass is 322 g/mol. The van der Waals surface area contributed by atoms with Crippen LogP contribution >= 0.6 is 46.4 Å². The summed E-state index contributed by atoms with van der Waals surface area (Å²) in [6, 6.07) is 1.56. The third kappa shape index (κ3) is 3.49. The zero-order valence-electron chi connectivity index (χ0n) is 10.5. The average molecular weight is 324 g/mol. The van der Waals surface area contributed by atoms with Gasteiger partial charge in [0.05, 0.1) is 20.1 Å². The summed E-state index contributed by atoms with van der Waals surface area (Å²) in [6.07, 6.45) is 0.828. The lowest BCUT2D eigenvalue weighted by Crippen LogP contribution is -2.06. The lowest BCUT2D eigenvalue weighted by atomic mass is 9.89. The van der Waals surface area contributed by atoms with Gasteiger partial charge in [-0.25, -0.2) is 0 Å². The zero-order chi connectivity index (χ0) is 13.9. The Morgan fingerprint density at radius 1 is 1.06 bits per heavy atom. The third-order valence-electron chi connectivity index (χ3n) is 2.86. The van der Waals surface area contributed by atoms with Crippen LogP contribution in [0.3, 0.4) is 0 Å². The second-order valence-corrected chi connectivity index (χ2v) is 5.70. The summed E-state index contributed by atoms with van der Waals surface area (Å²) < 4.78 is 0. The molecule has 0 nitrogen and oxygen atoms in total. The molecule has 1 rings (SSSR count). The molecule has 0 spiro atoms. The molecule has 98 valence electrons. The minimum atomic E-state index is 0.0697. The van der Waals surface area contributed by atoms with Crippen molar-refractivity contribution < 1.29 is 0 Å². The normalized spacial score (nSPS) is 13.7. The Balaban J connectivity index is 3.24. The van der Waals surface area contributed by atoms with Crippen molar-refractivity contribution in [2.24, 2.45) is 5.92 Å². The van der Waals surface area contributed by atoms with E-state index in [9.17, 15) is 0 Å². The highest BCUT2D eigenvalue weighted by Gasteiger charge is 2.22. The molecule has 0 saturated heterocycles. The van der Waals surface area contributed by atoms with Crippen LogP contribution in [0.2, 0.25) is 20.1 Å². The van der Waals surface area contributed by atoms with E-state index in [1.54, 1.807) is 6.07 Å². The van der Waals surface area contributed by atoms with Crippen LogP contribution in [0.25, 0.3) is 0 Å². The first kappa shape index (κ1) is 16.0. The molecule has 2 unspecified atom stereocenters. The van der Waals surface area contributed by atoms with Gasteiger partial charge in [0, 0.05) is 12.3 Å². The van der Waals surface area contributed by atoms with Gasteiger partial charge >= 0.3 is 0 Å². The zero-order valence-corrected chi connectivity index (χ0v) is 13.5. The van der Waals surface area contributed by atoms with Crippen molar-refractivity contribution in [2.45, 2.75) is 33.1 Å². The molecule has 0 aliphatic heterocycles. The molecule has 0 aliphatic rings. The minimum Gasteiger partial charge on any atom is -0.103 e. The van der Waals surface area contributed by atoms with Crippen molar-refractivity contribution in [3.8, 4) is 11.8 Å². The van der Waals surface area contributed by atoms with Crippen LogP contribution in [0.5, 0.6) is 0 Å². The Hall–Kier alpha value is -0.0600.